The topological polar surface area (TPSA) is 90.2 Å². The molecule has 4 unspecified atom stereocenters. The fourth-order valence-electron chi connectivity index (χ4n) is 3.14. The molecule has 1 aliphatic rings. The van der Waals surface area contributed by atoms with Gasteiger partial charge in [0.05, 0.1) is 0 Å². The standard InChI is InChI=1S/C17H25NO5/c1-8-6-9(2)11(4)13(10(8)3)18(5)7-12(19)16-14(20)15(21)17(22)23-16/h6,12,14-16,19-21H,7H2,1-5H3. The highest BCUT2D eigenvalue weighted by atomic mass is 16.6. The Hall–Kier alpha value is -1.63. The van der Waals surface area contributed by atoms with E-state index in [2.05, 4.69) is 6.07 Å². The van der Waals surface area contributed by atoms with Crippen molar-refractivity contribution in [3.8, 4) is 0 Å². The van der Waals surface area contributed by atoms with Crippen LogP contribution in [-0.2, 0) is 9.53 Å². The van der Waals surface area contributed by atoms with Crippen LogP contribution in [0, 0.1) is 27.7 Å². The molecule has 0 spiro atoms. The van der Waals surface area contributed by atoms with Gasteiger partial charge in [-0.05, 0) is 49.9 Å². The summed E-state index contributed by atoms with van der Waals surface area (Å²) in [4.78, 5) is 13.2. The molecule has 3 N–H and O–H groups in total. The molecule has 128 valence electrons. The van der Waals surface area contributed by atoms with Crippen molar-refractivity contribution in [3.63, 3.8) is 0 Å². The molecule has 1 aliphatic heterocycles. The van der Waals surface area contributed by atoms with Crippen molar-refractivity contribution in [2.75, 3.05) is 18.5 Å². The van der Waals surface area contributed by atoms with Gasteiger partial charge in [-0.15, -0.1) is 0 Å². The number of carbonyl (C=O) groups excluding carboxylic acids is 1. The van der Waals surface area contributed by atoms with Gasteiger partial charge in [0, 0.05) is 19.3 Å². The number of hydrogen-bond donors (Lipinski definition) is 3. The lowest BCUT2D eigenvalue weighted by Crippen LogP contribution is -2.44. The molecule has 0 saturated carbocycles. The number of benzene rings is 1. The molecular weight excluding hydrogens is 298 g/mol. The summed E-state index contributed by atoms with van der Waals surface area (Å²) in [6, 6.07) is 2.12. The Morgan fingerprint density at radius 1 is 1.17 bits per heavy atom. The van der Waals surface area contributed by atoms with Gasteiger partial charge in [0.15, 0.2) is 12.2 Å². The van der Waals surface area contributed by atoms with E-state index < -0.39 is 30.4 Å². The lowest BCUT2D eigenvalue weighted by Gasteiger charge is -2.30. The normalized spacial score (nSPS) is 25.4. The molecule has 0 aromatic heterocycles. The van der Waals surface area contributed by atoms with Crippen LogP contribution in [0.3, 0.4) is 0 Å². The average molecular weight is 323 g/mol. The third-order valence-electron chi connectivity index (χ3n) is 4.70. The van der Waals surface area contributed by atoms with E-state index in [0.29, 0.717) is 0 Å². The number of aliphatic hydroxyl groups excluding tert-OH is 3. The number of nitrogens with zero attached hydrogens (tertiary/aromatic N) is 1. The van der Waals surface area contributed by atoms with Crippen LogP contribution in [0.2, 0.25) is 0 Å². The number of likely N-dealkylation sites (N-methyl/N-ethyl adjacent to an activating group) is 1. The van der Waals surface area contributed by atoms with Crippen LogP contribution in [0.25, 0.3) is 0 Å². The van der Waals surface area contributed by atoms with Crippen LogP contribution in [0.4, 0.5) is 5.69 Å². The fraction of sp³-hybridized carbons (Fsp3) is 0.588. The summed E-state index contributed by atoms with van der Waals surface area (Å²) in [6.07, 6.45) is -5.22. The molecule has 1 fully saturated rings. The molecule has 2 rings (SSSR count). The first-order valence-corrected chi connectivity index (χ1v) is 7.68. The molecule has 1 aromatic carbocycles. The van der Waals surface area contributed by atoms with E-state index in [1.165, 1.54) is 0 Å². The highest BCUT2D eigenvalue weighted by Gasteiger charge is 2.46. The van der Waals surface area contributed by atoms with E-state index in [4.69, 9.17) is 4.74 Å². The molecule has 0 radical (unpaired) electrons. The Morgan fingerprint density at radius 3 is 2.13 bits per heavy atom. The maximum atomic E-state index is 11.3. The second kappa shape index (κ2) is 6.47. The van der Waals surface area contributed by atoms with Crippen molar-refractivity contribution < 1.29 is 24.9 Å². The van der Waals surface area contributed by atoms with Crippen LogP contribution in [0.5, 0.6) is 0 Å². The van der Waals surface area contributed by atoms with E-state index in [1.54, 1.807) is 0 Å². The number of carbonyl (C=O) groups is 1. The van der Waals surface area contributed by atoms with Crippen molar-refractivity contribution in [2.45, 2.75) is 52.1 Å². The summed E-state index contributed by atoms with van der Waals surface area (Å²) in [5, 5.41) is 29.6. The van der Waals surface area contributed by atoms with Crippen molar-refractivity contribution in [1.29, 1.82) is 0 Å². The quantitative estimate of drug-likeness (QED) is 0.694. The largest absolute Gasteiger partial charge is 0.455 e. The van der Waals surface area contributed by atoms with Gasteiger partial charge in [-0.1, -0.05) is 6.07 Å². The third kappa shape index (κ3) is 3.20. The number of ether oxygens (including phenoxy) is 1. The van der Waals surface area contributed by atoms with Crippen LogP contribution < -0.4 is 4.90 Å². The Morgan fingerprint density at radius 2 is 1.70 bits per heavy atom. The maximum Gasteiger partial charge on any atom is 0.338 e. The lowest BCUT2D eigenvalue weighted by atomic mass is 9.97. The zero-order chi connectivity index (χ0) is 17.5. The number of aryl methyl sites for hydroxylation is 2. The van der Waals surface area contributed by atoms with Crippen LogP contribution in [0.15, 0.2) is 6.07 Å². The summed E-state index contributed by atoms with van der Waals surface area (Å²) in [5.41, 5.74) is 5.57. The third-order valence-corrected chi connectivity index (χ3v) is 4.70. The fourth-order valence-corrected chi connectivity index (χ4v) is 3.14. The van der Waals surface area contributed by atoms with Gasteiger partial charge < -0.3 is 25.0 Å². The molecule has 1 saturated heterocycles. The van der Waals surface area contributed by atoms with E-state index in [1.807, 2.05) is 39.6 Å². The minimum Gasteiger partial charge on any atom is -0.455 e. The Kier molecular flexibility index (Phi) is 4.98. The molecule has 6 heteroatoms. The second-order valence-electron chi connectivity index (χ2n) is 6.39. The Bertz CT molecular complexity index is 589. The molecule has 23 heavy (non-hydrogen) atoms. The van der Waals surface area contributed by atoms with Crippen molar-refractivity contribution in [2.24, 2.45) is 0 Å². The van der Waals surface area contributed by atoms with Crippen LogP contribution >= 0.6 is 0 Å². The zero-order valence-corrected chi connectivity index (χ0v) is 14.2. The average Bonchev–Trinajstić information content (AvgIpc) is 2.73. The number of rotatable bonds is 4. The number of aliphatic hydroxyl groups is 3. The molecule has 1 heterocycles. The molecule has 0 bridgehead atoms. The number of hydrogen-bond acceptors (Lipinski definition) is 6. The molecule has 0 aliphatic carbocycles. The van der Waals surface area contributed by atoms with Gasteiger partial charge in [0.1, 0.15) is 12.2 Å². The highest BCUT2D eigenvalue weighted by molar-refractivity contribution is 5.77. The molecule has 0 amide bonds. The first-order valence-electron chi connectivity index (χ1n) is 7.68. The van der Waals surface area contributed by atoms with E-state index in [0.717, 1.165) is 27.9 Å². The first kappa shape index (κ1) is 17.7. The van der Waals surface area contributed by atoms with Crippen LogP contribution in [0.1, 0.15) is 22.3 Å². The molecule has 1 aromatic rings. The second-order valence-corrected chi connectivity index (χ2v) is 6.39. The summed E-state index contributed by atoms with van der Waals surface area (Å²) < 4.78 is 4.88. The van der Waals surface area contributed by atoms with Gasteiger partial charge >= 0.3 is 5.97 Å². The predicted molar refractivity (Wildman–Crippen MR) is 86.6 cm³/mol. The van der Waals surface area contributed by atoms with Gasteiger partial charge in [-0.2, -0.15) is 0 Å². The summed E-state index contributed by atoms with van der Waals surface area (Å²) in [6.45, 7) is 8.29. The van der Waals surface area contributed by atoms with E-state index in [-0.39, 0.29) is 6.54 Å². The first-order chi connectivity index (χ1) is 10.6. The van der Waals surface area contributed by atoms with E-state index in [9.17, 15) is 20.1 Å². The minimum absolute atomic E-state index is 0.173. The van der Waals surface area contributed by atoms with Gasteiger partial charge in [0.2, 0.25) is 0 Å². The molecular formula is C17H25NO5. The predicted octanol–water partition coefficient (Wildman–Crippen LogP) is 0.365. The van der Waals surface area contributed by atoms with Gasteiger partial charge in [-0.25, -0.2) is 4.79 Å². The van der Waals surface area contributed by atoms with Gasteiger partial charge in [0.25, 0.3) is 0 Å². The van der Waals surface area contributed by atoms with Crippen molar-refractivity contribution >= 4 is 11.7 Å². The Labute approximate surface area is 136 Å². The number of cyclic esters (lactones) is 1. The number of anilines is 1. The molecule has 4 atom stereocenters. The van der Waals surface area contributed by atoms with Gasteiger partial charge in [-0.3, -0.25) is 0 Å². The van der Waals surface area contributed by atoms with E-state index >= 15 is 0 Å². The lowest BCUT2D eigenvalue weighted by molar-refractivity contribution is -0.150. The maximum absolute atomic E-state index is 11.3. The zero-order valence-electron chi connectivity index (χ0n) is 14.2. The highest BCUT2D eigenvalue weighted by Crippen LogP contribution is 2.30. The van der Waals surface area contributed by atoms with Crippen molar-refractivity contribution in [3.05, 3.63) is 28.3 Å². The summed E-state index contributed by atoms with van der Waals surface area (Å²) in [5.74, 6) is -0.900. The minimum atomic E-state index is -1.59. The summed E-state index contributed by atoms with van der Waals surface area (Å²) >= 11 is 0. The smallest absolute Gasteiger partial charge is 0.338 e. The SMILES string of the molecule is Cc1cc(C)c(C)c(N(C)CC(O)C2OC(=O)C(O)C2O)c1C. The molecule has 6 nitrogen and oxygen atoms in total. The Balaban J connectivity index is 2.20. The monoisotopic (exact) mass is 323 g/mol. The van der Waals surface area contributed by atoms with Crippen molar-refractivity contribution in [1.82, 2.24) is 0 Å². The number of esters is 1. The van der Waals surface area contributed by atoms with Crippen LogP contribution in [-0.4, -0.2) is 59.3 Å². The summed E-state index contributed by atoms with van der Waals surface area (Å²) in [7, 11) is 1.84.